The summed E-state index contributed by atoms with van der Waals surface area (Å²) in [6.45, 7) is 3.68. The predicted octanol–water partition coefficient (Wildman–Crippen LogP) is 3.62. The van der Waals surface area contributed by atoms with Crippen LogP contribution in [0.25, 0.3) is 0 Å². The third-order valence-corrected chi connectivity index (χ3v) is 3.54. The van der Waals surface area contributed by atoms with Gasteiger partial charge < -0.3 is 20.1 Å². The van der Waals surface area contributed by atoms with Gasteiger partial charge in [0, 0.05) is 17.6 Å². The SMILES string of the molecule is CCOc1cccc(OCCNC(=O)NCc2ccccc2Cl)c1. The van der Waals surface area contributed by atoms with E-state index in [0.717, 1.165) is 11.3 Å². The zero-order valence-corrected chi connectivity index (χ0v) is 14.3. The molecule has 0 aromatic heterocycles. The van der Waals surface area contributed by atoms with Gasteiger partial charge >= 0.3 is 6.03 Å². The van der Waals surface area contributed by atoms with Crippen molar-refractivity contribution in [1.29, 1.82) is 0 Å². The molecule has 128 valence electrons. The summed E-state index contributed by atoms with van der Waals surface area (Å²) >= 11 is 6.04. The van der Waals surface area contributed by atoms with E-state index in [0.29, 0.717) is 37.1 Å². The molecule has 2 aromatic carbocycles. The number of halogens is 1. The first kappa shape index (κ1) is 17.9. The van der Waals surface area contributed by atoms with Crippen molar-refractivity contribution in [2.45, 2.75) is 13.5 Å². The molecule has 0 spiro atoms. The number of hydrogen-bond donors (Lipinski definition) is 2. The van der Waals surface area contributed by atoms with Gasteiger partial charge in [0.2, 0.25) is 0 Å². The molecule has 0 fully saturated rings. The Kier molecular flexibility index (Phi) is 7.23. The number of amides is 2. The first-order valence-corrected chi connectivity index (χ1v) is 8.17. The van der Waals surface area contributed by atoms with E-state index in [4.69, 9.17) is 21.1 Å². The number of carbonyl (C=O) groups is 1. The molecule has 0 atom stereocenters. The summed E-state index contributed by atoms with van der Waals surface area (Å²) in [5.74, 6) is 1.47. The highest BCUT2D eigenvalue weighted by molar-refractivity contribution is 6.31. The Morgan fingerprint density at radius 1 is 1.04 bits per heavy atom. The monoisotopic (exact) mass is 348 g/mol. The minimum atomic E-state index is -0.262. The molecule has 0 saturated heterocycles. The van der Waals surface area contributed by atoms with Crippen LogP contribution >= 0.6 is 11.6 Å². The summed E-state index contributed by atoms with van der Waals surface area (Å²) in [4.78, 5) is 11.7. The molecule has 0 saturated carbocycles. The standard InChI is InChI=1S/C18H21ClN2O3/c1-2-23-15-7-5-8-16(12-15)24-11-10-20-18(22)21-13-14-6-3-4-9-17(14)19/h3-9,12H,2,10-11,13H2,1H3,(H2,20,21,22). The van der Waals surface area contributed by atoms with E-state index in [1.165, 1.54) is 0 Å². The van der Waals surface area contributed by atoms with Crippen LogP contribution in [0.4, 0.5) is 4.79 Å². The lowest BCUT2D eigenvalue weighted by molar-refractivity contribution is 0.236. The van der Waals surface area contributed by atoms with E-state index in [1.807, 2.05) is 49.4 Å². The van der Waals surface area contributed by atoms with Crippen molar-refractivity contribution in [3.8, 4) is 11.5 Å². The summed E-state index contributed by atoms with van der Waals surface area (Å²) in [5.41, 5.74) is 0.873. The van der Waals surface area contributed by atoms with E-state index in [1.54, 1.807) is 6.07 Å². The molecule has 0 unspecified atom stereocenters. The summed E-state index contributed by atoms with van der Waals surface area (Å²) in [6, 6.07) is 14.5. The van der Waals surface area contributed by atoms with Crippen molar-refractivity contribution < 1.29 is 14.3 Å². The van der Waals surface area contributed by atoms with Crippen molar-refractivity contribution in [2.75, 3.05) is 19.8 Å². The summed E-state index contributed by atoms with van der Waals surface area (Å²) in [5, 5.41) is 6.12. The van der Waals surface area contributed by atoms with Gasteiger partial charge in [0.1, 0.15) is 18.1 Å². The second kappa shape index (κ2) is 9.67. The van der Waals surface area contributed by atoms with Gasteiger partial charge in [-0.05, 0) is 30.7 Å². The first-order valence-electron chi connectivity index (χ1n) is 7.80. The minimum absolute atomic E-state index is 0.262. The molecular weight excluding hydrogens is 328 g/mol. The fourth-order valence-electron chi connectivity index (χ4n) is 2.03. The van der Waals surface area contributed by atoms with Crippen LogP contribution < -0.4 is 20.1 Å². The van der Waals surface area contributed by atoms with Gasteiger partial charge in [-0.1, -0.05) is 35.9 Å². The molecule has 0 bridgehead atoms. The van der Waals surface area contributed by atoms with Crippen molar-refractivity contribution in [1.82, 2.24) is 10.6 Å². The second-order valence-electron chi connectivity index (χ2n) is 4.96. The van der Waals surface area contributed by atoms with Gasteiger partial charge in [-0.15, -0.1) is 0 Å². The third kappa shape index (κ3) is 6.01. The third-order valence-electron chi connectivity index (χ3n) is 3.17. The van der Waals surface area contributed by atoms with Gasteiger partial charge in [0.25, 0.3) is 0 Å². The maximum Gasteiger partial charge on any atom is 0.315 e. The Hall–Kier alpha value is -2.40. The number of carbonyl (C=O) groups excluding carboxylic acids is 1. The Balaban J connectivity index is 1.66. The maximum absolute atomic E-state index is 11.7. The lowest BCUT2D eigenvalue weighted by Gasteiger charge is -2.10. The van der Waals surface area contributed by atoms with Gasteiger partial charge in [0.05, 0.1) is 13.2 Å². The number of ether oxygens (including phenoxy) is 2. The zero-order valence-electron chi connectivity index (χ0n) is 13.5. The van der Waals surface area contributed by atoms with Crippen LogP contribution in [0.3, 0.4) is 0 Å². The molecule has 2 amide bonds. The van der Waals surface area contributed by atoms with E-state index in [9.17, 15) is 4.79 Å². The van der Waals surface area contributed by atoms with Crippen LogP contribution in [0.2, 0.25) is 5.02 Å². The Morgan fingerprint density at radius 2 is 1.79 bits per heavy atom. The number of rotatable bonds is 8. The van der Waals surface area contributed by atoms with Crippen LogP contribution in [0.5, 0.6) is 11.5 Å². The smallest absolute Gasteiger partial charge is 0.315 e. The molecule has 2 aromatic rings. The average molecular weight is 349 g/mol. The maximum atomic E-state index is 11.7. The number of urea groups is 1. The predicted molar refractivity (Wildman–Crippen MR) is 94.8 cm³/mol. The van der Waals surface area contributed by atoms with Gasteiger partial charge in [-0.3, -0.25) is 0 Å². The quantitative estimate of drug-likeness (QED) is 0.716. The molecule has 2 N–H and O–H groups in total. The van der Waals surface area contributed by atoms with Crippen molar-refractivity contribution in [3.63, 3.8) is 0 Å². The lowest BCUT2D eigenvalue weighted by Crippen LogP contribution is -2.37. The van der Waals surface area contributed by atoms with Crippen LogP contribution in [-0.4, -0.2) is 25.8 Å². The highest BCUT2D eigenvalue weighted by Crippen LogP contribution is 2.19. The number of hydrogen-bond acceptors (Lipinski definition) is 3. The molecule has 0 radical (unpaired) electrons. The van der Waals surface area contributed by atoms with Gasteiger partial charge in [-0.25, -0.2) is 4.79 Å². The molecule has 0 aliphatic carbocycles. The molecular formula is C18H21ClN2O3. The zero-order chi connectivity index (χ0) is 17.2. The van der Waals surface area contributed by atoms with Crippen LogP contribution in [0, 0.1) is 0 Å². The number of nitrogens with one attached hydrogen (secondary N) is 2. The van der Waals surface area contributed by atoms with E-state index < -0.39 is 0 Å². The van der Waals surface area contributed by atoms with E-state index in [-0.39, 0.29) is 6.03 Å². The Bertz CT molecular complexity index is 664. The van der Waals surface area contributed by atoms with Gasteiger partial charge in [0.15, 0.2) is 0 Å². The summed E-state index contributed by atoms with van der Waals surface area (Å²) < 4.78 is 11.0. The molecule has 2 rings (SSSR count). The van der Waals surface area contributed by atoms with Crippen molar-refractivity contribution in [2.24, 2.45) is 0 Å². The Labute approximate surface area is 146 Å². The fourth-order valence-corrected chi connectivity index (χ4v) is 2.24. The molecule has 24 heavy (non-hydrogen) atoms. The minimum Gasteiger partial charge on any atom is -0.494 e. The Morgan fingerprint density at radius 3 is 2.54 bits per heavy atom. The van der Waals surface area contributed by atoms with Crippen LogP contribution in [0.15, 0.2) is 48.5 Å². The van der Waals surface area contributed by atoms with Crippen LogP contribution in [-0.2, 0) is 6.54 Å². The van der Waals surface area contributed by atoms with Crippen molar-refractivity contribution >= 4 is 17.6 Å². The first-order chi connectivity index (χ1) is 11.7. The van der Waals surface area contributed by atoms with E-state index in [2.05, 4.69) is 10.6 Å². The molecule has 0 aliphatic heterocycles. The summed E-state index contributed by atoms with van der Waals surface area (Å²) in [7, 11) is 0. The second-order valence-corrected chi connectivity index (χ2v) is 5.36. The lowest BCUT2D eigenvalue weighted by atomic mass is 10.2. The molecule has 0 heterocycles. The highest BCUT2D eigenvalue weighted by atomic mass is 35.5. The molecule has 5 nitrogen and oxygen atoms in total. The average Bonchev–Trinajstić information content (AvgIpc) is 2.59. The van der Waals surface area contributed by atoms with Crippen molar-refractivity contribution in [3.05, 3.63) is 59.1 Å². The summed E-state index contributed by atoms with van der Waals surface area (Å²) in [6.07, 6.45) is 0. The fraction of sp³-hybridized carbons (Fsp3) is 0.278. The highest BCUT2D eigenvalue weighted by Gasteiger charge is 2.03. The molecule has 0 aliphatic rings. The molecule has 6 heteroatoms. The van der Waals surface area contributed by atoms with E-state index >= 15 is 0 Å². The largest absolute Gasteiger partial charge is 0.494 e. The van der Waals surface area contributed by atoms with Gasteiger partial charge in [-0.2, -0.15) is 0 Å². The van der Waals surface area contributed by atoms with Crippen LogP contribution in [0.1, 0.15) is 12.5 Å². The topological polar surface area (TPSA) is 59.6 Å². The normalized spacial score (nSPS) is 10.1. The number of benzene rings is 2.